The molecule has 1 amide bonds. The number of carbonyl (C=O) groups excluding carboxylic acids is 1. The Hall–Kier alpha value is -1.95. The summed E-state index contributed by atoms with van der Waals surface area (Å²) in [5.74, 6) is 3.80. The van der Waals surface area contributed by atoms with Crippen molar-refractivity contribution in [2.45, 2.75) is 64.8 Å². The van der Waals surface area contributed by atoms with Gasteiger partial charge in [-0.1, -0.05) is 29.8 Å². The van der Waals surface area contributed by atoms with Crippen molar-refractivity contribution in [2.75, 3.05) is 6.54 Å². The summed E-state index contributed by atoms with van der Waals surface area (Å²) in [5.41, 5.74) is 2.74. The summed E-state index contributed by atoms with van der Waals surface area (Å²) < 4.78 is 2.49. The van der Waals surface area contributed by atoms with Crippen LogP contribution in [0.5, 0.6) is 0 Å². The van der Waals surface area contributed by atoms with Gasteiger partial charge in [0.2, 0.25) is 5.91 Å². The summed E-state index contributed by atoms with van der Waals surface area (Å²) in [6, 6.07) is 8.22. The van der Waals surface area contributed by atoms with E-state index in [0.717, 1.165) is 42.1 Å². The molecule has 0 unspecified atom stereocenters. The van der Waals surface area contributed by atoms with Crippen LogP contribution >= 0.6 is 12.2 Å². The van der Waals surface area contributed by atoms with Crippen molar-refractivity contribution in [3.05, 3.63) is 34.6 Å². The highest BCUT2D eigenvalue weighted by Gasteiger charge is 2.50. The van der Waals surface area contributed by atoms with Gasteiger partial charge in [-0.2, -0.15) is 5.10 Å². The van der Waals surface area contributed by atoms with E-state index in [1.165, 1.54) is 44.1 Å². The summed E-state index contributed by atoms with van der Waals surface area (Å²) in [5, 5.41) is 10.4. The highest BCUT2D eigenvalue weighted by molar-refractivity contribution is 7.71. The SMILES string of the molecule is Cc1ccc(-c2n[nH]c(=S)n2CCC(=O)NCCC23CC4CC(CC(C4)C2)C3)cc1. The van der Waals surface area contributed by atoms with E-state index in [0.29, 0.717) is 23.2 Å². The number of nitrogens with zero attached hydrogens (tertiary/aromatic N) is 2. The molecule has 2 aromatic rings. The topological polar surface area (TPSA) is 62.7 Å². The van der Waals surface area contributed by atoms with Gasteiger partial charge in [-0.25, -0.2) is 0 Å². The van der Waals surface area contributed by atoms with Gasteiger partial charge < -0.3 is 5.32 Å². The maximum absolute atomic E-state index is 12.5. The Balaban J connectivity index is 1.15. The number of hydrogen-bond acceptors (Lipinski definition) is 3. The third-order valence-corrected chi connectivity index (χ3v) is 8.08. The Morgan fingerprint density at radius 3 is 2.43 bits per heavy atom. The molecule has 6 heteroatoms. The molecule has 0 radical (unpaired) electrons. The zero-order valence-electron chi connectivity index (χ0n) is 17.8. The van der Waals surface area contributed by atoms with Gasteiger partial charge in [0.15, 0.2) is 10.6 Å². The van der Waals surface area contributed by atoms with E-state index in [4.69, 9.17) is 12.2 Å². The molecular formula is C24H32N4OS. The molecule has 160 valence electrons. The molecule has 4 saturated carbocycles. The molecule has 4 aliphatic carbocycles. The molecule has 0 spiro atoms. The Labute approximate surface area is 183 Å². The van der Waals surface area contributed by atoms with Gasteiger partial charge in [0.05, 0.1) is 0 Å². The lowest BCUT2D eigenvalue weighted by atomic mass is 9.49. The van der Waals surface area contributed by atoms with Crippen LogP contribution in [0.3, 0.4) is 0 Å². The molecule has 4 aliphatic rings. The number of aromatic nitrogens is 3. The Morgan fingerprint density at radius 1 is 1.17 bits per heavy atom. The summed E-state index contributed by atoms with van der Waals surface area (Å²) in [6.45, 7) is 3.42. The van der Waals surface area contributed by atoms with E-state index in [1.54, 1.807) is 0 Å². The van der Waals surface area contributed by atoms with Crippen LogP contribution in [0.2, 0.25) is 0 Å². The molecule has 1 aromatic carbocycles. The van der Waals surface area contributed by atoms with E-state index >= 15 is 0 Å². The minimum Gasteiger partial charge on any atom is -0.356 e. The molecule has 30 heavy (non-hydrogen) atoms. The van der Waals surface area contributed by atoms with Crippen LogP contribution in [-0.4, -0.2) is 27.2 Å². The number of aromatic amines is 1. The minimum absolute atomic E-state index is 0.109. The maximum atomic E-state index is 12.5. The average Bonchev–Trinajstić information content (AvgIpc) is 3.06. The predicted molar refractivity (Wildman–Crippen MR) is 120 cm³/mol. The minimum atomic E-state index is 0.109. The van der Waals surface area contributed by atoms with Crippen LogP contribution in [0.25, 0.3) is 11.4 Å². The lowest BCUT2D eigenvalue weighted by molar-refractivity contribution is -0.121. The third-order valence-electron chi connectivity index (χ3n) is 7.77. The summed E-state index contributed by atoms with van der Waals surface area (Å²) in [6.07, 6.45) is 10.2. The third kappa shape index (κ3) is 3.98. The van der Waals surface area contributed by atoms with Gasteiger partial charge in [0.1, 0.15) is 0 Å². The molecule has 0 atom stereocenters. The van der Waals surface area contributed by atoms with E-state index in [9.17, 15) is 4.79 Å². The number of benzene rings is 1. The lowest BCUT2D eigenvalue weighted by Gasteiger charge is -2.57. The largest absolute Gasteiger partial charge is 0.356 e. The highest BCUT2D eigenvalue weighted by atomic mass is 32.1. The Bertz CT molecular complexity index is 939. The van der Waals surface area contributed by atoms with Gasteiger partial charge >= 0.3 is 0 Å². The van der Waals surface area contributed by atoms with Crippen molar-refractivity contribution in [3.8, 4) is 11.4 Å². The first-order chi connectivity index (χ1) is 14.5. The zero-order valence-corrected chi connectivity index (χ0v) is 18.6. The summed E-state index contributed by atoms with van der Waals surface area (Å²) in [4.78, 5) is 12.5. The molecule has 1 aromatic heterocycles. The zero-order chi connectivity index (χ0) is 20.7. The van der Waals surface area contributed by atoms with Crippen molar-refractivity contribution in [1.29, 1.82) is 0 Å². The van der Waals surface area contributed by atoms with Gasteiger partial charge in [-0.05, 0) is 87.3 Å². The van der Waals surface area contributed by atoms with Crippen molar-refractivity contribution in [2.24, 2.45) is 23.2 Å². The van der Waals surface area contributed by atoms with Crippen LogP contribution < -0.4 is 5.32 Å². The van der Waals surface area contributed by atoms with Crippen molar-refractivity contribution < 1.29 is 4.79 Å². The first kappa shape index (κ1) is 20.0. The number of carbonyl (C=O) groups is 1. The number of H-pyrrole nitrogens is 1. The first-order valence-electron chi connectivity index (χ1n) is 11.5. The molecule has 6 rings (SSSR count). The lowest BCUT2D eigenvalue weighted by Crippen LogP contribution is -2.47. The van der Waals surface area contributed by atoms with Crippen molar-refractivity contribution in [1.82, 2.24) is 20.1 Å². The maximum Gasteiger partial charge on any atom is 0.221 e. The number of rotatable bonds is 7. The molecular weight excluding hydrogens is 392 g/mol. The molecule has 4 bridgehead atoms. The smallest absolute Gasteiger partial charge is 0.221 e. The Morgan fingerprint density at radius 2 is 1.80 bits per heavy atom. The summed E-state index contributed by atoms with van der Waals surface area (Å²) in [7, 11) is 0. The van der Waals surface area contributed by atoms with E-state index in [1.807, 2.05) is 16.7 Å². The van der Waals surface area contributed by atoms with Crippen LogP contribution in [0.15, 0.2) is 24.3 Å². The number of amides is 1. The number of nitrogens with one attached hydrogen (secondary N) is 2. The number of aryl methyl sites for hydroxylation is 1. The molecule has 0 saturated heterocycles. The van der Waals surface area contributed by atoms with Crippen LogP contribution in [0, 0.1) is 34.9 Å². The van der Waals surface area contributed by atoms with Gasteiger partial charge in [-0.15, -0.1) is 0 Å². The summed E-state index contributed by atoms with van der Waals surface area (Å²) >= 11 is 5.40. The van der Waals surface area contributed by atoms with Crippen molar-refractivity contribution >= 4 is 18.1 Å². The molecule has 2 N–H and O–H groups in total. The quantitative estimate of drug-likeness (QED) is 0.613. The second-order valence-corrected chi connectivity index (χ2v) is 10.5. The van der Waals surface area contributed by atoms with E-state index in [-0.39, 0.29) is 5.91 Å². The highest BCUT2D eigenvalue weighted by Crippen LogP contribution is 2.61. The standard InChI is InChI=1S/C24H32N4OS/c1-16-2-4-20(5-3-16)22-26-27-23(30)28(22)9-6-21(29)25-8-7-24-13-17-10-18(14-24)12-19(11-17)15-24/h2-5,17-19H,6-15H2,1H3,(H,25,29)(H,27,30). The fraction of sp³-hybridized carbons (Fsp3) is 0.625. The Kier molecular flexibility index (Phi) is 5.30. The normalized spacial score (nSPS) is 29.3. The number of hydrogen-bond donors (Lipinski definition) is 2. The van der Waals surface area contributed by atoms with Gasteiger partial charge in [-0.3, -0.25) is 14.5 Å². The average molecular weight is 425 g/mol. The monoisotopic (exact) mass is 424 g/mol. The van der Waals surface area contributed by atoms with E-state index in [2.05, 4.69) is 34.6 Å². The molecule has 1 heterocycles. The fourth-order valence-corrected chi connectivity index (χ4v) is 7.04. The van der Waals surface area contributed by atoms with Gasteiger partial charge in [0, 0.05) is 25.1 Å². The molecule has 0 aliphatic heterocycles. The predicted octanol–water partition coefficient (Wildman–Crippen LogP) is 5.03. The second-order valence-electron chi connectivity index (χ2n) is 10.1. The molecule has 5 nitrogen and oxygen atoms in total. The van der Waals surface area contributed by atoms with Crippen LogP contribution in [0.1, 0.15) is 56.9 Å². The second kappa shape index (κ2) is 7.95. The van der Waals surface area contributed by atoms with Gasteiger partial charge in [0.25, 0.3) is 0 Å². The molecule has 4 fully saturated rings. The fourth-order valence-electron chi connectivity index (χ4n) is 6.81. The van der Waals surface area contributed by atoms with Crippen molar-refractivity contribution in [3.63, 3.8) is 0 Å². The van der Waals surface area contributed by atoms with Crippen LogP contribution in [0.4, 0.5) is 0 Å². The van der Waals surface area contributed by atoms with E-state index < -0.39 is 0 Å². The van der Waals surface area contributed by atoms with Crippen LogP contribution in [-0.2, 0) is 11.3 Å². The first-order valence-corrected chi connectivity index (χ1v) is 11.9.